The number of carbonyl (C=O) groups is 5. The number of rotatable bonds is 32. The summed E-state index contributed by atoms with van der Waals surface area (Å²) in [6, 6.07) is 8.13. The van der Waals surface area contributed by atoms with Crippen molar-refractivity contribution >= 4 is 41.6 Å². The molecule has 1 aliphatic heterocycles. The van der Waals surface area contributed by atoms with Crippen molar-refractivity contribution < 1.29 is 38.6 Å². The normalized spacial score (nSPS) is 16.8. The van der Waals surface area contributed by atoms with Crippen LogP contribution in [0.5, 0.6) is 0 Å². The zero-order chi connectivity index (χ0) is 55.4. The molecule has 0 bridgehead atoms. The molecule has 9 atom stereocenters. The van der Waals surface area contributed by atoms with Gasteiger partial charge in [0.15, 0.2) is 0 Å². The van der Waals surface area contributed by atoms with Crippen LogP contribution in [0.15, 0.2) is 49.2 Å². The topological polar surface area (TPSA) is 226 Å². The van der Waals surface area contributed by atoms with Crippen LogP contribution >= 0.6 is 0 Å². The highest BCUT2D eigenvalue weighted by Gasteiger charge is 2.41. The van der Waals surface area contributed by atoms with Gasteiger partial charge in [-0.2, -0.15) is 0 Å². The monoisotopic (exact) mass is 1040 g/mol. The number of aromatic nitrogens is 5. The number of carbonyl (C=O) groups excluding carboxylic acids is 5. The van der Waals surface area contributed by atoms with Crippen LogP contribution in [0.2, 0.25) is 0 Å². The summed E-state index contributed by atoms with van der Waals surface area (Å²) in [5.74, 6) is -2.00. The first-order valence-electron chi connectivity index (χ1n) is 27.2. The Hall–Kier alpha value is -5.79. The molecule has 75 heavy (non-hydrogen) atoms. The number of aryl methyl sites for hydroxylation is 2. The van der Waals surface area contributed by atoms with Gasteiger partial charge in [0.05, 0.1) is 54.7 Å². The summed E-state index contributed by atoms with van der Waals surface area (Å²) in [6.45, 7) is 22.6. The predicted molar refractivity (Wildman–Crippen MR) is 291 cm³/mol. The fourth-order valence-electron chi connectivity index (χ4n) is 9.92. The Bertz CT molecular complexity index is 2280. The number of hydrogen-bond acceptors (Lipinski definition) is 13. The van der Waals surface area contributed by atoms with Crippen molar-refractivity contribution in [2.75, 3.05) is 52.8 Å². The number of methoxy groups -OCH3 is 1. The van der Waals surface area contributed by atoms with Gasteiger partial charge in [0.1, 0.15) is 18.7 Å². The summed E-state index contributed by atoms with van der Waals surface area (Å²) in [5, 5.41) is 28.7. The lowest BCUT2D eigenvalue weighted by atomic mass is 9.91. The minimum Gasteiger partial charge on any atom is -0.386 e. The molecule has 0 saturated carbocycles. The number of nitrogens with zero attached hydrogens (tertiary/aromatic N) is 8. The highest BCUT2D eigenvalue weighted by molar-refractivity contribution is 5.92. The molecule has 1 unspecified atom stereocenters. The molecule has 1 fully saturated rings. The van der Waals surface area contributed by atoms with Crippen LogP contribution in [0.1, 0.15) is 136 Å². The number of ether oxygens (including phenoxy) is 2. The van der Waals surface area contributed by atoms with E-state index in [1.807, 2.05) is 82.1 Å². The summed E-state index contributed by atoms with van der Waals surface area (Å²) < 4.78 is 13.4. The molecular weight excluding hydrogens is 955 g/mol. The average molecular weight is 1040 g/mol. The van der Waals surface area contributed by atoms with E-state index in [9.17, 15) is 29.1 Å². The van der Waals surface area contributed by atoms with Crippen LogP contribution in [-0.2, 0) is 52.8 Å². The molecule has 0 spiro atoms. The molecular formula is C56H89N11O8. The van der Waals surface area contributed by atoms with E-state index in [1.165, 1.54) is 4.90 Å². The first kappa shape index (κ1) is 61.8. The van der Waals surface area contributed by atoms with E-state index in [2.05, 4.69) is 56.7 Å². The Morgan fingerprint density at radius 2 is 1.65 bits per heavy atom. The quantitative estimate of drug-likeness (QED) is 0.0537. The molecule has 0 aliphatic carbocycles. The lowest BCUT2D eigenvalue weighted by Crippen LogP contribution is -2.59. The standard InChI is InChI=1S/C56H89N11O8/c1-14-38(8)45(27-28-47(68)67-30-22-26-46(67)52(74-13)39(9)53(71)58-40(10)51(70)41-23-18-17-19-24-41)64(11)55(73)49(36(4)5)61-54(72)50(37(6)7)65(12)48(69)35-75-32-31-66-34-44(62-63-66)25-20-21-29-57-56-59-42(15-2)33-43(16-3)60-56/h15,17-19,23-24,33-34,36-40,45-46,49-52,70H,2,14,16,20-22,25-32,35H2,1,3-13H3,(H,58,71)(H,61,72)(H,57,59,60)/t38-,39+,40+,45+,46-,49?,50-,51+,52+/m0/s1. The number of hydrogen-bond donors (Lipinski definition) is 4. The molecule has 19 heteroatoms. The number of nitrogens with one attached hydrogen (secondary N) is 3. The fourth-order valence-corrected chi connectivity index (χ4v) is 9.92. The van der Waals surface area contributed by atoms with Crippen LogP contribution in [0, 0.1) is 23.7 Å². The molecule has 1 aromatic carbocycles. The summed E-state index contributed by atoms with van der Waals surface area (Å²) in [7, 11) is 4.86. The lowest BCUT2D eigenvalue weighted by Gasteiger charge is -2.38. The van der Waals surface area contributed by atoms with Gasteiger partial charge >= 0.3 is 0 Å². The third-order valence-electron chi connectivity index (χ3n) is 14.7. The van der Waals surface area contributed by atoms with Gasteiger partial charge in [-0.25, -0.2) is 14.6 Å². The number of unbranched alkanes of at least 4 members (excludes halogenated alkanes) is 1. The van der Waals surface area contributed by atoms with E-state index in [0.29, 0.717) is 37.4 Å². The van der Waals surface area contributed by atoms with Crippen molar-refractivity contribution in [3.05, 3.63) is 71.8 Å². The summed E-state index contributed by atoms with van der Waals surface area (Å²) in [5.41, 5.74) is 3.32. The van der Waals surface area contributed by atoms with E-state index in [0.717, 1.165) is 62.2 Å². The molecule has 416 valence electrons. The minimum atomic E-state index is -0.895. The number of anilines is 1. The smallest absolute Gasteiger partial charge is 0.248 e. The second-order valence-corrected chi connectivity index (χ2v) is 20.9. The van der Waals surface area contributed by atoms with E-state index >= 15 is 0 Å². The summed E-state index contributed by atoms with van der Waals surface area (Å²) in [6.07, 6.45) is 8.24. The lowest BCUT2D eigenvalue weighted by molar-refractivity contribution is -0.146. The molecule has 5 amide bonds. The van der Waals surface area contributed by atoms with Crippen molar-refractivity contribution in [1.29, 1.82) is 0 Å². The molecule has 19 nitrogen and oxygen atoms in total. The van der Waals surface area contributed by atoms with Gasteiger partial charge in [-0.3, -0.25) is 24.0 Å². The van der Waals surface area contributed by atoms with Gasteiger partial charge in [0, 0.05) is 58.6 Å². The van der Waals surface area contributed by atoms with Crippen LogP contribution in [0.4, 0.5) is 5.95 Å². The number of likely N-dealkylation sites (N-methyl/N-ethyl adjacent to an activating group) is 2. The molecule has 3 aromatic rings. The second kappa shape index (κ2) is 30.7. The summed E-state index contributed by atoms with van der Waals surface area (Å²) >= 11 is 0. The van der Waals surface area contributed by atoms with Crippen molar-refractivity contribution in [1.82, 2.24) is 50.3 Å². The molecule has 0 radical (unpaired) electrons. The molecule has 3 heterocycles. The number of likely N-dealkylation sites (tertiary alicyclic amines) is 1. The number of amides is 5. The second-order valence-electron chi connectivity index (χ2n) is 20.9. The Labute approximate surface area is 446 Å². The Morgan fingerprint density at radius 1 is 0.933 bits per heavy atom. The van der Waals surface area contributed by atoms with E-state index in [4.69, 9.17) is 9.47 Å². The molecule has 2 aromatic heterocycles. The third kappa shape index (κ3) is 17.9. The third-order valence-corrected chi connectivity index (χ3v) is 14.7. The zero-order valence-corrected chi connectivity index (χ0v) is 47.0. The van der Waals surface area contributed by atoms with E-state index in [-0.39, 0.29) is 73.1 Å². The van der Waals surface area contributed by atoms with Gasteiger partial charge in [-0.05, 0) is 87.3 Å². The molecule has 1 aliphatic rings. The first-order chi connectivity index (χ1) is 35.8. The van der Waals surface area contributed by atoms with E-state index in [1.54, 1.807) is 50.7 Å². The largest absolute Gasteiger partial charge is 0.386 e. The van der Waals surface area contributed by atoms with Crippen LogP contribution in [0.25, 0.3) is 6.08 Å². The molecule has 4 rings (SSSR count). The van der Waals surface area contributed by atoms with Gasteiger partial charge in [0.2, 0.25) is 35.5 Å². The SMILES string of the molecule is C=Cc1cc(CC)nc(NCCCCc2cn(CCOCC(=O)N(C)[C@H](C(=O)NC(C(=O)N(C)[C@H](CCC(=O)N3CCC[C@H]3[C@H](OC)[C@@H](C)C(=O)N[C@H](C)[C@@H](O)c3ccccc3)[C@@H](C)CC)C(C)C)C(C)C)nn2)n1. The van der Waals surface area contributed by atoms with Crippen molar-refractivity contribution in [3.63, 3.8) is 0 Å². The van der Waals surface area contributed by atoms with Crippen LogP contribution < -0.4 is 16.0 Å². The highest BCUT2D eigenvalue weighted by Crippen LogP contribution is 2.29. The number of benzene rings is 1. The predicted octanol–water partition coefficient (Wildman–Crippen LogP) is 5.88. The van der Waals surface area contributed by atoms with Crippen molar-refractivity contribution in [2.45, 2.75) is 169 Å². The Morgan fingerprint density at radius 3 is 2.29 bits per heavy atom. The van der Waals surface area contributed by atoms with Crippen LogP contribution in [-0.4, -0.2) is 158 Å². The van der Waals surface area contributed by atoms with Gasteiger partial charge in [-0.1, -0.05) is 104 Å². The van der Waals surface area contributed by atoms with E-state index < -0.39 is 42.2 Å². The summed E-state index contributed by atoms with van der Waals surface area (Å²) in [4.78, 5) is 83.7. The molecule has 1 saturated heterocycles. The van der Waals surface area contributed by atoms with Gasteiger partial charge < -0.3 is 45.2 Å². The Balaban J connectivity index is 1.27. The van der Waals surface area contributed by atoms with Crippen LogP contribution in [0.3, 0.4) is 0 Å². The Kier molecular flexibility index (Phi) is 25.3. The average Bonchev–Trinajstić information content (AvgIpc) is 4.08. The maximum atomic E-state index is 14.5. The van der Waals surface area contributed by atoms with Gasteiger partial charge in [0.25, 0.3) is 0 Å². The first-order valence-corrected chi connectivity index (χ1v) is 27.2. The highest BCUT2D eigenvalue weighted by atomic mass is 16.5. The number of aliphatic hydroxyl groups is 1. The maximum absolute atomic E-state index is 14.5. The van der Waals surface area contributed by atoms with Gasteiger partial charge in [-0.15, -0.1) is 5.10 Å². The fraction of sp³-hybridized carbons (Fsp3) is 0.661. The van der Waals surface area contributed by atoms with Crippen molar-refractivity contribution in [2.24, 2.45) is 23.7 Å². The maximum Gasteiger partial charge on any atom is 0.248 e. The zero-order valence-electron chi connectivity index (χ0n) is 47.0. The van der Waals surface area contributed by atoms with Crippen molar-refractivity contribution in [3.8, 4) is 0 Å². The molecule has 4 N–H and O–H groups in total. The number of aliphatic hydroxyl groups excluding tert-OH is 1. The minimum absolute atomic E-state index is 0.0304.